The molecular formula is C15H26N2O2. The van der Waals surface area contributed by atoms with Crippen molar-refractivity contribution in [3.63, 3.8) is 0 Å². The van der Waals surface area contributed by atoms with E-state index in [1.54, 1.807) is 6.92 Å². The Kier molecular flexibility index (Phi) is 3.67. The number of Topliss-reactive ketones (excluding diaryl/α,β-unsaturated/α-hetero) is 1. The van der Waals surface area contributed by atoms with Gasteiger partial charge in [-0.05, 0) is 45.4 Å². The number of ether oxygens (including phenoxy) is 1. The van der Waals surface area contributed by atoms with E-state index in [0.717, 1.165) is 39.1 Å². The van der Waals surface area contributed by atoms with Crippen molar-refractivity contribution >= 4 is 5.78 Å². The number of nitrogens with zero attached hydrogens (tertiary/aromatic N) is 1. The van der Waals surface area contributed by atoms with Gasteiger partial charge in [-0.3, -0.25) is 9.69 Å². The Labute approximate surface area is 115 Å². The predicted molar refractivity (Wildman–Crippen MR) is 74.1 cm³/mol. The quantitative estimate of drug-likeness (QED) is 0.833. The van der Waals surface area contributed by atoms with Crippen LogP contribution in [0.1, 0.15) is 39.5 Å². The minimum Gasteiger partial charge on any atom is -0.365 e. The standard InChI is InChI=1S/C15H26N2O2/c1-11-9-17(8-7-16-11)14-5-6-15(12(2)18,19-10-14)13-3-4-13/h11,13-14,16H,3-10H2,1-2H3/t11-,14+,15+/m0/s1. The molecule has 4 heteroatoms. The van der Waals surface area contributed by atoms with Gasteiger partial charge in [0.2, 0.25) is 0 Å². The van der Waals surface area contributed by atoms with Crippen molar-refractivity contribution < 1.29 is 9.53 Å². The van der Waals surface area contributed by atoms with Gasteiger partial charge in [-0.15, -0.1) is 0 Å². The Morgan fingerprint density at radius 1 is 1.37 bits per heavy atom. The molecule has 108 valence electrons. The Balaban J connectivity index is 1.60. The van der Waals surface area contributed by atoms with Crippen LogP contribution in [-0.2, 0) is 9.53 Å². The minimum absolute atomic E-state index is 0.252. The monoisotopic (exact) mass is 266 g/mol. The molecule has 3 aliphatic rings. The number of rotatable bonds is 3. The average Bonchev–Trinajstić information content (AvgIpc) is 3.23. The Morgan fingerprint density at radius 2 is 2.16 bits per heavy atom. The number of hydrogen-bond acceptors (Lipinski definition) is 4. The molecule has 0 aromatic rings. The van der Waals surface area contributed by atoms with Crippen molar-refractivity contribution in [1.82, 2.24) is 10.2 Å². The van der Waals surface area contributed by atoms with Gasteiger partial charge in [0.1, 0.15) is 5.60 Å². The maximum atomic E-state index is 12.0. The van der Waals surface area contributed by atoms with E-state index in [0.29, 0.717) is 18.0 Å². The van der Waals surface area contributed by atoms with E-state index >= 15 is 0 Å². The lowest BCUT2D eigenvalue weighted by molar-refractivity contribution is -0.160. The van der Waals surface area contributed by atoms with Gasteiger partial charge in [0.15, 0.2) is 5.78 Å². The second-order valence-electron chi connectivity index (χ2n) is 6.57. The molecule has 0 unspecified atom stereocenters. The maximum absolute atomic E-state index is 12.0. The third-order valence-corrected chi connectivity index (χ3v) is 5.13. The van der Waals surface area contributed by atoms with E-state index < -0.39 is 5.60 Å². The summed E-state index contributed by atoms with van der Waals surface area (Å²) in [7, 11) is 0. The second kappa shape index (κ2) is 5.15. The van der Waals surface area contributed by atoms with Crippen molar-refractivity contribution in [3.8, 4) is 0 Å². The molecule has 3 fully saturated rings. The van der Waals surface area contributed by atoms with Gasteiger partial charge in [-0.25, -0.2) is 0 Å². The lowest BCUT2D eigenvalue weighted by Gasteiger charge is -2.44. The molecule has 0 spiro atoms. The first-order valence-electron chi connectivity index (χ1n) is 7.74. The molecule has 0 radical (unpaired) electrons. The summed E-state index contributed by atoms with van der Waals surface area (Å²) < 4.78 is 6.14. The zero-order chi connectivity index (χ0) is 13.5. The third-order valence-electron chi connectivity index (χ3n) is 5.13. The molecule has 0 aromatic carbocycles. The molecule has 1 aliphatic carbocycles. The highest BCUT2D eigenvalue weighted by molar-refractivity contribution is 5.86. The summed E-state index contributed by atoms with van der Waals surface area (Å²) in [4.78, 5) is 14.5. The van der Waals surface area contributed by atoms with Gasteiger partial charge in [0, 0.05) is 31.7 Å². The number of ketones is 1. The van der Waals surface area contributed by atoms with Crippen LogP contribution in [0.25, 0.3) is 0 Å². The van der Waals surface area contributed by atoms with E-state index in [-0.39, 0.29) is 5.78 Å². The number of nitrogens with one attached hydrogen (secondary N) is 1. The van der Waals surface area contributed by atoms with Crippen LogP contribution in [0.15, 0.2) is 0 Å². The SMILES string of the molecule is CC(=O)[C@@]1(C2CC2)CC[C@@H](N2CCN[C@@H](C)C2)CO1. The largest absolute Gasteiger partial charge is 0.365 e. The Hall–Kier alpha value is -0.450. The average molecular weight is 266 g/mol. The molecule has 2 aliphatic heterocycles. The highest BCUT2D eigenvalue weighted by Crippen LogP contribution is 2.47. The molecule has 2 heterocycles. The fraction of sp³-hybridized carbons (Fsp3) is 0.933. The lowest BCUT2D eigenvalue weighted by Crippen LogP contribution is -2.58. The summed E-state index contributed by atoms with van der Waals surface area (Å²) in [5, 5.41) is 3.48. The number of carbonyl (C=O) groups excluding carboxylic acids is 1. The predicted octanol–water partition coefficient (Wildman–Crippen LogP) is 1.20. The molecule has 19 heavy (non-hydrogen) atoms. The second-order valence-corrected chi connectivity index (χ2v) is 6.57. The van der Waals surface area contributed by atoms with Crippen LogP contribution in [0, 0.1) is 5.92 Å². The summed E-state index contributed by atoms with van der Waals surface area (Å²) in [5.41, 5.74) is -0.420. The van der Waals surface area contributed by atoms with Crippen molar-refractivity contribution in [2.45, 2.75) is 57.2 Å². The van der Waals surface area contributed by atoms with Crippen LogP contribution in [0.3, 0.4) is 0 Å². The third kappa shape index (κ3) is 2.58. The van der Waals surface area contributed by atoms with Crippen LogP contribution in [0.4, 0.5) is 0 Å². The lowest BCUT2D eigenvalue weighted by atomic mass is 9.84. The molecule has 2 saturated heterocycles. The summed E-state index contributed by atoms with van der Waals surface area (Å²) >= 11 is 0. The van der Waals surface area contributed by atoms with Crippen LogP contribution in [-0.4, -0.2) is 54.6 Å². The van der Waals surface area contributed by atoms with Gasteiger partial charge < -0.3 is 10.1 Å². The normalized spacial score (nSPS) is 41.2. The summed E-state index contributed by atoms with van der Waals surface area (Å²) in [5.74, 6) is 0.759. The molecule has 0 amide bonds. The van der Waals surface area contributed by atoms with Crippen molar-refractivity contribution in [2.24, 2.45) is 5.92 Å². The van der Waals surface area contributed by atoms with Gasteiger partial charge >= 0.3 is 0 Å². The van der Waals surface area contributed by atoms with Crippen LogP contribution in [0.2, 0.25) is 0 Å². The maximum Gasteiger partial charge on any atom is 0.161 e. The van der Waals surface area contributed by atoms with Gasteiger partial charge in [-0.1, -0.05) is 0 Å². The summed E-state index contributed by atoms with van der Waals surface area (Å²) in [6, 6.07) is 1.08. The fourth-order valence-electron chi connectivity index (χ4n) is 3.80. The zero-order valence-corrected chi connectivity index (χ0v) is 12.2. The smallest absolute Gasteiger partial charge is 0.161 e. The molecule has 4 nitrogen and oxygen atoms in total. The van der Waals surface area contributed by atoms with Crippen molar-refractivity contribution in [3.05, 3.63) is 0 Å². The highest BCUT2D eigenvalue weighted by atomic mass is 16.5. The van der Waals surface area contributed by atoms with Gasteiger partial charge in [0.25, 0.3) is 0 Å². The molecule has 0 bridgehead atoms. The first-order valence-corrected chi connectivity index (χ1v) is 7.74. The van der Waals surface area contributed by atoms with E-state index in [1.165, 1.54) is 12.8 Å². The number of piperazine rings is 1. The van der Waals surface area contributed by atoms with Crippen LogP contribution >= 0.6 is 0 Å². The molecule has 3 rings (SSSR count). The van der Waals surface area contributed by atoms with Crippen molar-refractivity contribution in [2.75, 3.05) is 26.2 Å². The molecule has 3 atom stereocenters. The Morgan fingerprint density at radius 3 is 2.68 bits per heavy atom. The van der Waals surface area contributed by atoms with E-state index in [9.17, 15) is 4.79 Å². The van der Waals surface area contributed by atoms with E-state index in [4.69, 9.17) is 4.74 Å². The summed E-state index contributed by atoms with van der Waals surface area (Å²) in [6.07, 6.45) is 4.39. The molecule has 1 N–H and O–H groups in total. The minimum atomic E-state index is -0.420. The van der Waals surface area contributed by atoms with Crippen LogP contribution in [0.5, 0.6) is 0 Å². The van der Waals surface area contributed by atoms with E-state index in [1.807, 2.05) is 0 Å². The first-order chi connectivity index (χ1) is 9.12. The van der Waals surface area contributed by atoms with Gasteiger partial charge in [-0.2, -0.15) is 0 Å². The summed E-state index contributed by atoms with van der Waals surface area (Å²) in [6.45, 7) is 7.96. The zero-order valence-electron chi connectivity index (χ0n) is 12.2. The van der Waals surface area contributed by atoms with Crippen LogP contribution < -0.4 is 5.32 Å². The molecule has 0 aromatic heterocycles. The van der Waals surface area contributed by atoms with Crippen molar-refractivity contribution in [1.29, 1.82) is 0 Å². The topological polar surface area (TPSA) is 41.6 Å². The van der Waals surface area contributed by atoms with E-state index in [2.05, 4.69) is 17.1 Å². The first kappa shape index (κ1) is 13.5. The highest BCUT2D eigenvalue weighted by Gasteiger charge is 2.52. The van der Waals surface area contributed by atoms with Gasteiger partial charge in [0.05, 0.1) is 6.61 Å². The molecule has 1 saturated carbocycles. The number of hydrogen-bond donors (Lipinski definition) is 1. The Bertz CT molecular complexity index is 346. The fourth-order valence-corrected chi connectivity index (χ4v) is 3.80. The molecular weight excluding hydrogens is 240 g/mol. The number of carbonyl (C=O) groups is 1.